The lowest BCUT2D eigenvalue weighted by Gasteiger charge is -2.23. The first-order valence-electron chi connectivity index (χ1n) is 6.96. The minimum atomic E-state index is -0.548. The van der Waals surface area contributed by atoms with Crippen molar-refractivity contribution in [2.24, 2.45) is 35.0 Å². The van der Waals surface area contributed by atoms with Crippen molar-refractivity contribution >= 4 is 17.7 Å². The van der Waals surface area contributed by atoms with Crippen LogP contribution in [0.25, 0.3) is 0 Å². The Kier molecular flexibility index (Phi) is 7.06. The molecule has 0 saturated carbocycles. The monoisotopic (exact) mass is 300 g/mol. The molecule has 0 radical (unpaired) electrons. The second kappa shape index (κ2) is 8.55. The first-order valence-corrected chi connectivity index (χ1v) is 6.96. The molecule has 0 aromatic carbocycles. The van der Waals surface area contributed by atoms with Crippen LogP contribution in [-0.4, -0.2) is 57.0 Å². The van der Waals surface area contributed by atoms with E-state index in [4.69, 9.17) is 17.2 Å². The quantitative estimate of drug-likeness (QED) is 0.311. The second-order valence-electron chi connectivity index (χ2n) is 5.03. The first-order chi connectivity index (χ1) is 10.0. The molecule has 9 N–H and O–H groups in total. The number of carbonyl (C=O) groups is 3. The van der Waals surface area contributed by atoms with Crippen molar-refractivity contribution < 1.29 is 14.4 Å². The SMILES string of the molecule is NC[C@H]1CNC(=O)[C@@H](CN)CNC(=O)[C@@H](CN)CNC1=O. The molecule has 3 atom stereocenters. The fourth-order valence-electron chi connectivity index (χ4n) is 1.95. The van der Waals surface area contributed by atoms with E-state index in [0.29, 0.717) is 0 Å². The molecule has 1 aliphatic heterocycles. The number of carbonyl (C=O) groups excluding carboxylic acids is 3. The Balaban J connectivity index is 2.84. The molecule has 1 fully saturated rings. The molecule has 9 heteroatoms. The molecule has 1 saturated heterocycles. The van der Waals surface area contributed by atoms with E-state index in [2.05, 4.69) is 16.0 Å². The van der Waals surface area contributed by atoms with Crippen molar-refractivity contribution in [3.63, 3.8) is 0 Å². The molecule has 0 bridgehead atoms. The topological polar surface area (TPSA) is 165 Å². The van der Waals surface area contributed by atoms with Crippen LogP contribution in [0.5, 0.6) is 0 Å². The molecule has 0 spiro atoms. The standard InChI is InChI=1S/C12H24N6O3/c13-1-7-4-16-11(20)9(3-15)6-18-12(21)8(2-14)5-17-10(7)19/h7-9H,1-6,13-15H2,(H,16,20)(H,17,19)(H,18,21)/t7-,8-,9-/m0/s1. The van der Waals surface area contributed by atoms with Crippen LogP contribution in [0.15, 0.2) is 0 Å². The Morgan fingerprint density at radius 3 is 1.10 bits per heavy atom. The Morgan fingerprint density at radius 1 is 0.667 bits per heavy atom. The number of amides is 3. The summed E-state index contributed by atoms with van der Waals surface area (Å²) in [4.78, 5) is 35.8. The number of hydrogen-bond acceptors (Lipinski definition) is 6. The van der Waals surface area contributed by atoms with Gasteiger partial charge in [0.2, 0.25) is 17.7 Å². The van der Waals surface area contributed by atoms with Crippen molar-refractivity contribution in [1.29, 1.82) is 0 Å². The van der Waals surface area contributed by atoms with Gasteiger partial charge in [-0.1, -0.05) is 0 Å². The van der Waals surface area contributed by atoms with E-state index in [0.717, 1.165) is 0 Å². The molecule has 0 unspecified atom stereocenters. The fraction of sp³-hybridized carbons (Fsp3) is 0.750. The second-order valence-corrected chi connectivity index (χ2v) is 5.03. The molecule has 1 aliphatic rings. The lowest BCUT2D eigenvalue weighted by molar-refractivity contribution is -0.128. The largest absolute Gasteiger partial charge is 0.355 e. The van der Waals surface area contributed by atoms with Gasteiger partial charge in [-0.05, 0) is 0 Å². The number of rotatable bonds is 3. The number of hydrogen-bond donors (Lipinski definition) is 6. The van der Waals surface area contributed by atoms with Crippen molar-refractivity contribution in [2.75, 3.05) is 39.3 Å². The predicted molar refractivity (Wildman–Crippen MR) is 76.7 cm³/mol. The van der Waals surface area contributed by atoms with Crippen LogP contribution in [0, 0.1) is 17.8 Å². The molecule has 120 valence electrons. The third kappa shape index (κ3) is 4.96. The smallest absolute Gasteiger partial charge is 0.226 e. The zero-order valence-corrected chi connectivity index (χ0v) is 11.9. The van der Waals surface area contributed by atoms with Gasteiger partial charge in [0.1, 0.15) is 0 Å². The van der Waals surface area contributed by atoms with Gasteiger partial charge >= 0.3 is 0 Å². The molecule has 9 nitrogen and oxygen atoms in total. The lowest BCUT2D eigenvalue weighted by atomic mass is 10.0. The zero-order valence-electron chi connectivity index (χ0n) is 11.9. The van der Waals surface area contributed by atoms with Crippen molar-refractivity contribution in [1.82, 2.24) is 16.0 Å². The lowest BCUT2D eigenvalue weighted by Crippen LogP contribution is -2.51. The minimum Gasteiger partial charge on any atom is -0.355 e. The average Bonchev–Trinajstić information content (AvgIpc) is 2.48. The summed E-state index contributed by atoms with van der Waals surface area (Å²) in [6.45, 7) is 0.702. The summed E-state index contributed by atoms with van der Waals surface area (Å²) < 4.78 is 0. The van der Waals surface area contributed by atoms with Crippen molar-refractivity contribution in [2.45, 2.75) is 0 Å². The summed E-state index contributed by atoms with van der Waals surface area (Å²) in [7, 11) is 0. The predicted octanol–water partition coefficient (Wildman–Crippen LogP) is -3.93. The molecule has 3 amide bonds. The Hall–Kier alpha value is -1.71. The van der Waals surface area contributed by atoms with E-state index in [1.807, 2.05) is 0 Å². The van der Waals surface area contributed by atoms with E-state index in [9.17, 15) is 14.4 Å². The highest BCUT2D eigenvalue weighted by atomic mass is 16.2. The van der Waals surface area contributed by atoms with Crippen LogP contribution in [0.2, 0.25) is 0 Å². The van der Waals surface area contributed by atoms with Gasteiger partial charge in [-0.15, -0.1) is 0 Å². The summed E-state index contributed by atoms with van der Waals surface area (Å²) in [6.07, 6.45) is 0. The Labute approximate surface area is 123 Å². The third-order valence-electron chi connectivity index (χ3n) is 3.53. The normalized spacial score (nSPS) is 28.7. The number of nitrogens with one attached hydrogen (secondary N) is 3. The van der Waals surface area contributed by atoms with Crippen LogP contribution in [0.4, 0.5) is 0 Å². The molecular formula is C12H24N6O3. The van der Waals surface area contributed by atoms with Gasteiger partial charge in [-0.2, -0.15) is 0 Å². The summed E-state index contributed by atoms with van der Waals surface area (Å²) >= 11 is 0. The average molecular weight is 300 g/mol. The molecule has 0 aliphatic carbocycles. The summed E-state index contributed by atoms with van der Waals surface area (Å²) in [5.74, 6) is -2.58. The van der Waals surface area contributed by atoms with Gasteiger partial charge < -0.3 is 33.2 Å². The maximum atomic E-state index is 11.9. The van der Waals surface area contributed by atoms with Gasteiger partial charge in [0.25, 0.3) is 0 Å². The Bertz CT molecular complexity index is 332. The van der Waals surface area contributed by atoms with Gasteiger partial charge in [0.05, 0.1) is 17.8 Å². The fourth-order valence-corrected chi connectivity index (χ4v) is 1.95. The van der Waals surface area contributed by atoms with Crippen LogP contribution < -0.4 is 33.2 Å². The van der Waals surface area contributed by atoms with Gasteiger partial charge in [0.15, 0.2) is 0 Å². The molecule has 0 aromatic heterocycles. The third-order valence-corrected chi connectivity index (χ3v) is 3.53. The highest BCUT2D eigenvalue weighted by Crippen LogP contribution is 2.01. The molecule has 21 heavy (non-hydrogen) atoms. The maximum absolute atomic E-state index is 11.9. The minimum absolute atomic E-state index is 0.0961. The van der Waals surface area contributed by atoms with E-state index < -0.39 is 17.8 Å². The summed E-state index contributed by atoms with van der Waals surface area (Å²) in [6, 6.07) is 0. The van der Waals surface area contributed by atoms with E-state index >= 15 is 0 Å². The molecule has 1 heterocycles. The van der Waals surface area contributed by atoms with E-state index in [-0.39, 0.29) is 57.0 Å². The first kappa shape index (κ1) is 17.3. The molecule has 0 aromatic rings. The summed E-state index contributed by atoms with van der Waals surface area (Å²) in [5, 5.41) is 7.91. The molecule has 1 rings (SSSR count). The zero-order chi connectivity index (χ0) is 15.8. The van der Waals surface area contributed by atoms with Crippen molar-refractivity contribution in [3.8, 4) is 0 Å². The van der Waals surface area contributed by atoms with Crippen LogP contribution in [-0.2, 0) is 14.4 Å². The van der Waals surface area contributed by atoms with Crippen LogP contribution >= 0.6 is 0 Å². The maximum Gasteiger partial charge on any atom is 0.226 e. The van der Waals surface area contributed by atoms with Crippen molar-refractivity contribution in [3.05, 3.63) is 0 Å². The van der Waals surface area contributed by atoms with Crippen LogP contribution in [0.1, 0.15) is 0 Å². The number of nitrogens with two attached hydrogens (primary N) is 3. The Morgan fingerprint density at radius 2 is 0.905 bits per heavy atom. The summed E-state index contributed by atoms with van der Waals surface area (Å²) in [5.41, 5.74) is 16.6. The van der Waals surface area contributed by atoms with Gasteiger partial charge in [-0.25, -0.2) is 0 Å². The van der Waals surface area contributed by atoms with Crippen LogP contribution in [0.3, 0.4) is 0 Å². The van der Waals surface area contributed by atoms with Gasteiger partial charge in [0, 0.05) is 39.3 Å². The highest BCUT2D eigenvalue weighted by molar-refractivity contribution is 5.85. The van der Waals surface area contributed by atoms with Gasteiger partial charge in [-0.3, -0.25) is 14.4 Å². The highest BCUT2D eigenvalue weighted by Gasteiger charge is 2.26. The molecular weight excluding hydrogens is 276 g/mol. The van der Waals surface area contributed by atoms with E-state index in [1.54, 1.807) is 0 Å². The van der Waals surface area contributed by atoms with E-state index in [1.165, 1.54) is 0 Å².